The number of aromatic nitrogens is 1. The van der Waals surface area contributed by atoms with Gasteiger partial charge < -0.3 is 10.6 Å². The Bertz CT molecular complexity index is 625. The van der Waals surface area contributed by atoms with Crippen LogP contribution in [0.2, 0.25) is 0 Å². The third-order valence-electron chi connectivity index (χ3n) is 3.04. The lowest BCUT2D eigenvalue weighted by atomic mass is 10.1. The lowest BCUT2D eigenvalue weighted by molar-refractivity contribution is -0.115. The first-order valence-electron chi connectivity index (χ1n) is 7.41. The second kappa shape index (κ2) is 6.60. The lowest BCUT2D eigenvalue weighted by Gasteiger charge is -2.21. The Morgan fingerprint density at radius 2 is 1.77 bits per heavy atom. The van der Waals surface area contributed by atoms with Gasteiger partial charge in [-0.1, -0.05) is 29.8 Å². The first-order chi connectivity index (χ1) is 10.3. The molecule has 1 heterocycles. The Balaban J connectivity index is 1.93. The van der Waals surface area contributed by atoms with Gasteiger partial charge in [-0.15, -0.1) is 0 Å². The molecule has 0 spiro atoms. The molecule has 0 bridgehead atoms. The zero-order valence-corrected chi connectivity index (χ0v) is 13.6. The van der Waals surface area contributed by atoms with E-state index in [4.69, 9.17) is 0 Å². The van der Waals surface area contributed by atoms with Crippen molar-refractivity contribution < 1.29 is 4.79 Å². The predicted octanol–water partition coefficient (Wildman–Crippen LogP) is 3.78. The van der Waals surface area contributed by atoms with Crippen LogP contribution in [0.25, 0.3) is 0 Å². The van der Waals surface area contributed by atoms with Crippen molar-refractivity contribution in [1.29, 1.82) is 0 Å². The Morgan fingerprint density at radius 1 is 1.09 bits per heavy atom. The maximum absolute atomic E-state index is 12.0. The fourth-order valence-electron chi connectivity index (χ4n) is 2.02. The van der Waals surface area contributed by atoms with Crippen LogP contribution in [0.1, 0.15) is 31.9 Å². The number of benzene rings is 1. The molecule has 0 aliphatic rings. The van der Waals surface area contributed by atoms with E-state index in [0.717, 1.165) is 11.4 Å². The maximum atomic E-state index is 12.0. The largest absolute Gasteiger partial charge is 0.365 e. The normalized spacial score (nSPS) is 11.1. The minimum atomic E-state index is -0.0396. The van der Waals surface area contributed by atoms with Gasteiger partial charge in [0.2, 0.25) is 5.91 Å². The molecule has 1 aromatic heterocycles. The van der Waals surface area contributed by atoms with Gasteiger partial charge in [0.1, 0.15) is 5.82 Å². The Labute approximate surface area is 132 Å². The van der Waals surface area contributed by atoms with E-state index in [1.165, 1.54) is 5.56 Å². The Hall–Kier alpha value is -2.36. The lowest BCUT2D eigenvalue weighted by Crippen LogP contribution is -2.26. The molecule has 1 aromatic carbocycles. The van der Waals surface area contributed by atoms with E-state index < -0.39 is 0 Å². The van der Waals surface area contributed by atoms with Crippen LogP contribution in [0.15, 0.2) is 42.6 Å². The van der Waals surface area contributed by atoms with Crippen molar-refractivity contribution in [3.05, 3.63) is 53.7 Å². The molecule has 2 N–H and O–H groups in total. The molecule has 4 nitrogen and oxygen atoms in total. The Morgan fingerprint density at radius 3 is 2.32 bits per heavy atom. The van der Waals surface area contributed by atoms with Gasteiger partial charge in [-0.05, 0) is 45.4 Å². The van der Waals surface area contributed by atoms with E-state index in [2.05, 4.69) is 36.4 Å². The summed E-state index contributed by atoms with van der Waals surface area (Å²) in [6.45, 7) is 8.26. The minimum Gasteiger partial charge on any atom is -0.365 e. The molecule has 2 aromatic rings. The summed E-state index contributed by atoms with van der Waals surface area (Å²) in [6.07, 6.45) is 2.03. The van der Waals surface area contributed by atoms with Crippen molar-refractivity contribution in [3.63, 3.8) is 0 Å². The number of hydrogen-bond donors (Lipinski definition) is 2. The van der Waals surface area contributed by atoms with E-state index in [0.29, 0.717) is 12.1 Å². The number of carbonyl (C=O) groups excluding carboxylic acids is 1. The van der Waals surface area contributed by atoms with E-state index in [9.17, 15) is 4.79 Å². The molecule has 0 aliphatic heterocycles. The molecule has 4 heteroatoms. The first-order valence-corrected chi connectivity index (χ1v) is 7.41. The second-order valence-corrected chi connectivity index (χ2v) is 6.52. The fourth-order valence-corrected chi connectivity index (χ4v) is 2.02. The van der Waals surface area contributed by atoms with Crippen molar-refractivity contribution in [3.8, 4) is 0 Å². The van der Waals surface area contributed by atoms with Crippen molar-refractivity contribution in [1.82, 2.24) is 4.98 Å². The van der Waals surface area contributed by atoms with Gasteiger partial charge in [-0.2, -0.15) is 0 Å². The summed E-state index contributed by atoms with van der Waals surface area (Å²) < 4.78 is 0. The van der Waals surface area contributed by atoms with Crippen LogP contribution in [0, 0.1) is 6.92 Å². The number of amides is 1. The van der Waals surface area contributed by atoms with Gasteiger partial charge in [0.25, 0.3) is 0 Å². The van der Waals surface area contributed by atoms with Crippen LogP contribution < -0.4 is 10.6 Å². The van der Waals surface area contributed by atoms with Crippen LogP contribution >= 0.6 is 0 Å². The molecule has 116 valence electrons. The summed E-state index contributed by atoms with van der Waals surface area (Å²) in [5.41, 5.74) is 2.86. The zero-order chi connectivity index (χ0) is 16.2. The molecular formula is C18H23N3O. The van der Waals surface area contributed by atoms with Gasteiger partial charge in [0.05, 0.1) is 18.3 Å². The number of nitrogens with zero attached hydrogens (tertiary/aromatic N) is 1. The van der Waals surface area contributed by atoms with E-state index >= 15 is 0 Å². The molecule has 0 fully saturated rings. The van der Waals surface area contributed by atoms with Gasteiger partial charge in [0, 0.05) is 5.54 Å². The van der Waals surface area contributed by atoms with Gasteiger partial charge in [-0.3, -0.25) is 4.79 Å². The topological polar surface area (TPSA) is 54.0 Å². The van der Waals surface area contributed by atoms with Crippen LogP contribution in [0.5, 0.6) is 0 Å². The smallest absolute Gasteiger partial charge is 0.228 e. The molecule has 0 unspecified atom stereocenters. The van der Waals surface area contributed by atoms with Crippen LogP contribution in [-0.2, 0) is 11.2 Å². The summed E-state index contributed by atoms with van der Waals surface area (Å²) in [5, 5.41) is 6.15. The molecular weight excluding hydrogens is 274 g/mol. The number of rotatable bonds is 4. The van der Waals surface area contributed by atoms with Crippen molar-refractivity contribution in [2.75, 3.05) is 10.6 Å². The fraction of sp³-hybridized carbons (Fsp3) is 0.333. The highest BCUT2D eigenvalue weighted by atomic mass is 16.1. The molecule has 2 rings (SSSR count). The molecule has 0 radical (unpaired) electrons. The third kappa shape index (κ3) is 5.20. The molecule has 0 aliphatic carbocycles. The minimum absolute atomic E-state index is 0.0385. The number of nitrogens with one attached hydrogen (secondary N) is 2. The molecule has 0 saturated carbocycles. The molecule has 0 atom stereocenters. The summed E-state index contributed by atoms with van der Waals surface area (Å²) in [7, 11) is 0. The van der Waals surface area contributed by atoms with Gasteiger partial charge in [-0.25, -0.2) is 4.98 Å². The number of pyridine rings is 1. The quantitative estimate of drug-likeness (QED) is 0.903. The van der Waals surface area contributed by atoms with Crippen LogP contribution in [-0.4, -0.2) is 16.4 Å². The summed E-state index contributed by atoms with van der Waals surface area (Å²) in [5.74, 6) is 0.756. The van der Waals surface area contributed by atoms with E-state index in [1.807, 2.05) is 43.3 Å². The van der Waals surface area contributed by atoms with Crippen LogP contribution in [0.3, 0.4) is 0 Å². The van der Waals surface area contributed by atoms with Crippen molar-refractivity contribution >= 4 is 17.4 Å². The van der Waals surface area contributed by atoms with Crippen LogP contribution in [0.4, 0.5) is 11.5 Å². The number of hydrogen-bond acceptors (Lipinski definition) is 3. The average molecular weight is 297 g/mol. The zero-order valence-electron chi connectivity index (χ0n) is 13.6. The Kier molecular flexibility index (Phi) is 4.81. The molecule has 0 saturated heterocycles. The van der Waals surface area contributed by atoms with E-state index in [1.54, 1.807) is 6.20 Å². The monoisotopic (exact) mass is 297 g/mol. The third-order valence-corrected chi connectivity index (χ3v) is 3.04. The maximum Gasteiger partial charge on any atom is 0.228 e. The summed E-state index contributed by atoms with van der Waals surface area (Å²) in [6, 6.07) is 11.7. The van der Waals surface area contributed by atoms with Gasteiger partial charge >= 0.3 is 0 Å². The number of anilines is 2. The first kappa shape index (κ1) is 16.0. The summed E-state index contributed by atoms with van der Waals surface area (Å²) >= 11 is 0. The highest BCUT2D eigenvalue weighted by molar-refractivity contribution is 5.92. The highest BCUT2D eigenvalue weighted by Gasteiger charge is 2.10. The van der Waals surface area contributed by atoms with Gasteiger partial charge in [0.15, 0.2) is 0 Å². The SMILES string of the molecule is Cc1ccc(CC(=O)Nc2ccc(NC(C)(C)C)nc2)cc1. The number of aryl methyl sites for hydroxylation is 1. The van der Waals surface area contributed by atoms with Crippen molar-refractivity contribution in [2.24, 2.45) is 0 Å². The highest BCUT2D eigenvalue weighted by Crippen LogP contribution is 2.15. The standard InChI is InChI=1S/C18H23N3O/c1-13-5-7-14(8-6-13)11-17(22)20-15-9-10-16(19-12-15)21-18(2,3)4/h5-10,12H,11H2,1-4H3,(H,19,21)(H,20,22). The molecule has 22 heavy (non-hydrogen) atoms. The average Bonchev–Trinajstić information content (AvgIpc) is 2.42. The van der Waals surface area contributed by atoms with E-state index in [-0.39, 0.29) is 11.4 Å². The predicted molar refractivity (Wildman–Crippen MR) is 91.1 cm³/mol. The summed E-state index contributed by atoms with van der Waals surface area (Å²) in [4.78, 5) is 16.3. The molecule has 1 amide bonds. The van der Waals surface area contributed by atoms with Crippen molar-refractivity contribution in [2.45, 2.75) is 39.7 Å². The second-order valence-electron chi connectivity index (χ2n) is 6.52. The number of carbonyl (C=O) groups is 1.